The number of carbonyl (C=O) groups is 4. The average molecular weight is 703 g/mol. The molecule has 4 aromatic carbocycles. The van der Waals surface area contributed by atoms with E-state index in [1.54, 1.807) is 17.0 Å². The van der Waals surface area contributed by atoms with E-state index >= 15 is 9.59 Å². The molecular weight excluding hydrogens is 661 g/mol. The van der Waals surface area contributed by atoms with Crippen molar-refractivity contribution in [3.8, 4) is 5.75 Å². The van der Waals surface area contributed by atoms with Gasteiger partial charge < -0.3 is 5.11 Å². The summed E-state index contributed by atoms with van der Waals surface area (Å²) in [6, 6.07) is 36.0. The van der Waals surface area contributed by atoms with Gasteiger partial charge in [-0.2, -0.15) is 0 Å². The van der Waals surface area contributed by atoms with Crippen molar-refractivity contribution in [2.45, 2.75) is 49.6 Å². The molecule has 266 valence electrons. The van der Waals surface area contributed by atoms with Gasteiger partial charge in [-0.15, -0.1) is 0 Å². The number of Topliss-reactive ketones (excluding diaryl/α,β-unsaturated/α-hetero) is 1. The van der Waals surface area contributed by atoms with Crippen LogP contribution in [0, 0.1) is 23.7 Å². The highest BCUT2D eigenvalue weighted by Crippen LogP contribution is 2.64. The molecule has 3 fully saturated rings. The van der Waals surface area contributed by atoms with E-state index in [-0.39, 0.29) is 41.6 Å². The molecular formula is C46H42N2O5. The Balaban J connectivity index is 1.12. The van der Waals surface area contributed by atoms with Crippen LogP contribution in [0.5, 0.6) is 5.75 Å². The lowest BCUT2D eigenvalue weighted by Gasteiger charge is -2.55. The van der Waals surface area contributed by atoms with Crippen LogP contribution in [-0.4, -0.2) is 57.4 Å². The van der Waals surface area contributed by atoms with E-state index < -0.39 is 35.0 Å². The van der Waals surface area contributed by atoms with E-state index in [1.165, 1.54) is 11.6 Å². The highest BCUT2D eigenvalue weighted by molar-refractivity contribution is 6.31. The van der Waals surface area contributed by atoms with Crippen molar-refractivity contribution in [3.05, 3.63) is 155 Å². The summed E-state index contributed by atoms with van der Waals surface area (Å²) in [5, 5.41) is 11.5. The summed E-state index contributed by atoms with van der Waals surface area (Å²) in [6.07, 6.45) is 5.63. The van der Waals surface area contributed by atoms with Crippen molar-refractivity contribution in [1.82, 2.24) is 9.80 Å². The number of benzene rings is 4. The molecule has 2 aliphatic heterocycles. The van der Waals surface area contributed by atoms with Gasteiger partial charge in [-0.25, -0.2) is 0 Å². The second kappa shape index (κ2) is 13.2. The van der Waals surface area contributed by atoms with Gasteiger partial charge in [0, 0.05) is 48.6 Å². The first-order chi connectivity index (χ1) is 25.9. The van der Waals surface area contributed by atoms with Crippen LogP contribution in [0.3, 0.4) is 0 Å². The molecule has 7 heteroatoms. The molecule has 2 heterocycles. The summed E-state index contributed by atoms with van der Waals surface area (Å²) in [7, 11) is 0. The van der Waals surface area contributed by atoms with Crippen molar-refractivity contribution in [2.24, 2.45) is 23.7 Å². The third kappa shape index (κ3) is 5.27. The predicted molar refractivity (Wildman–Crippen MR) is 201 cm³/mol. The molecule has 0 spiro atoms. The Morgan fingerprint density at radius 1 is 0.717 bits per heavy atom. The number of likely N-dealkylation sites (tertiary alicyclic amines) is 2. The van der Waals surface area contributed by atoms with Crippen molar-refractivity contribution in [3.63, 3.8) is 0 Å². The Labute approximate surface area is 309 Å². The lowest BCUT2D eigenvalue weighted by atomic mass is 9.44. The number of phenols is 1. The molecule has 4 aromatic rings. The SMILES string of the molecule is O=C1C(c2ccccc2)=CC(=O)C2(c3ccccc3)C1CC1C(=CCC3C(=O)N(C4CCN(Cc5ccccc5)CC4)C(=O)C31)C2c1ccccc1O. The number of hydrogen-bond donors (Lipinski definition) is 1. The monoisotopic (exact) mass is 702 g/mol. The van der Waals surface area contributed by atoms with Gasteiger partial charge in [-0.1, -0.05) is 121 Å². The van der Waals surface area contributed by atoms with Crippen LogP contribution in [-0.2, 0) is 31.1 Å². The predicted octanol–water partition coefficient (Wildman–Crippen LogP) is 6.88. The molecule has 6 atom stereocenters. The maximum Gasteiger partial charge on any atom is 0.233 e. The quantitative estimate of drug-likeness (QED) is 0.174. The number of para-hydroxylation sites is 1. The fourth-order valence-corrected chi connectivity index (χ4v) is 10.5. The van der Waals surface area contributed by atoms with E-state index in [9.17, 15) is 14.7 Å². The Morgan fingerprint density at radius 2 is 1.36 bits per heavy atom. The Bertz CT molecular complexity index is 2150. The standard InChI is InChI=1S/C46H42N2O5/c49-39-19-11-10-18-34(39)42-33-20-21-35-41(45(53)48(44(35)52)32-22-24-47(25-23-32)28-29-12-4-1-5-13-29)37(33)26-38-43(51)36(30-14-6-2-7-15-30)27-40(50)46(38,42)31-16-8-3-9-17-31/h1-20,27,32,35,37-38,41-42,49H,21-26,28H2. The highest BCUT2D eigenvalue weighted by Gasteiger charge is 2.66. The largest absolute Gasteiger partial charge is 0.508 e. The fourth-order valence-electron chi connectivity index (χ4n) is 10.5. The molecule has 0 radical (unpaired) electrons. The number of carbonyl (C=O) groups excluding carboxylic acids is 4. The minimum atomic E-state index is -1.36. The van der Waals surface area contributed by atoms with Crippen LogP contribution in [0.1, 0.15) is 53.9 Å². The maximum atomic E-state index is 15.1. The molecule has 0 aromatic heterocycles. The van der Waals surface area contributed by atoms with Gasteiger partial charge in [0.1, 0.15) is 5.75 Å². The van der Waals surface area contributed by atoms with Gasteiger partial charge in [0.15, 0.2) is 11.6 Å². The van der Waals surface area contributed by atoms with Gasteiger partial charge >= 0.3 is 0 Å². The minimum absolute atomic E-state index is 0.0334. The fraction of sp³-hybridized carbons (Fsp3) is 0.304. The summed E-state index contributed by atoms with van der Waals surface area (Å²) in [5.74, 6) is -3.76. The maximum absolute atomic E-state index is 15.1. The molecule has 53 heavy (non-hydrogen) atoms. The first-order valence-corrected chi connectivity index (χ1v) is 18.9. The number of nitrogens with zero attached hydrogens (tertiary/aromatic N) is 2. The Kier molecular flexibility index (Phi) is 8.34. The number of aromatic hydroxyl groups is 1. The number of rotatable bonds is 6. The van der Waals surface area contributed by atoms with Gasteiger partial charge in [0.2, 0.25) is 11.8 Å². The summed E-state index contributed by atoms with van der Waals surface area (Å²) < 4.78 is 0. The van der Waals surface area contributed by atoms with Gasteiger partial charge in [0.05, 0.1) is 17.3 Å². The van der Waals surface area contributed by atoms with Crippen LogP contribution in [0.4, 0.5) is 0 Å². The van der Waals surface area contributed by atoms with Crippen LogP contribution in [0.2, 0.25) is 0 Å². The zero-order valence-electron chi connectivity index (χ0n) is 29.5. The molecule has 3 aliphatic carbocycles. The van der Waals surface area contributed by atoms with Crippen LogP contribution in [0.25, 0.3) is 5.57 Å². The zero-order valence-corrected chi connectivity index (χ0v) is 29.5. The molecule has 1 N–H and O–H groups in total. The van der Waals surface area contributed by atoms with Crippen molar-refractivity contribution in [2.75, 3.05) is 13.1 Å². The van der Waals surface area contributed by atoms with Crippen LogP contribution >= 0.6 is 0 Å². The molecule has 7 nitrogen and oxygen atoms in total. The summed E-state index contributed by atoms with van der Waals surface area (Å²) in [5.41, 5.74) is 3.04. The molecule has 2 saturated heterocycles. The second-order valence-electron chi connectivity index (χ2n) is 15.4. The topological polar surface area (TPSA) is 95.0 Å². The molecule has 1 saturated carbocycles. The normalized spacial score (nSPS) is 28.9. The van der Waals surface area contributed by atoms with Crippen LogP contribution < -0.4 is 0 Å². The molecule has 2 amide bonds. The average Bonchev–Trinajstić information content (AvgIpc) is 3.46. The molecule has 0 bridgehead atoms. The van der Waals surface area contributed by atoms with E-state index in [0.717, 1.165) is 25.2 Å². The number of phenolic OH excluding ortho intramolecular Hbond substituents is 1. The summed E-state index contributed by atoms with van der Waals surface area (Å²) in [6.45, 7) is 2.42. The first kappa shape index (κ1) is 33.4. The number of imide groups is 1. The number of allylic oxidation sites excluding steroid dienone is 4. The Morgan fingerprint density at radius 3 is 2.06 bits per heavy atom. The zero-order chi connectivity index (χ0) is 36.3. The van der Waals surface area contributed by atoms with Gasteiger partial charge in [-0.05, 0) is 60.4 Å². The number of ketones is 2. The smallest absolute Gasteiger partial charge is 0.233 e. The summed E-state index contributed by atoms with van der Waals surface area (Å²) >= 11 is 0. The van der Waals surface area contributed by atoms with Crippen molar-refractivity contribution < 1.29 is 24.3 Å². The van der Waals surface area contributed by atoms with E-state index in [4.69, 9.17) is 0 Å². The number of amides is 2. The first-order valence-electron chi connectivity index (χ1n) is 18.9. The third-order valence-electron chi connectivity index (χ3n) is 12.8. The lowest BCUT2D eigenvalue weighted by molar-refractivity contribution is -0.144. The van der Waals surface area contributed by atoms with Crippen LogP contribution in [0.15, 0.2) is 133 Å². The van der Waals surface area contributed by atoms with E-state index in [1.807, 2.05) is 91.0 Å². The van der Waals surface area contributed by atoms with Crippen molar-refractivity contribution in [1.29, 1.82) is 0 Å². The van der Waals surface area contributed by atoms with Crippen molar-refractivity contribution >= 4 is 29.0 Å². The second-order valence-corrected chi connectivity index (χ2v) is 15.4. The van der Waals surface area contributed by atoms with E-state index in [2.05, 4.69) is 23.1 Å². The van der Waals surface area contributed by atoms with Gasteiger partial charge in [-0.3, -0.25) is 29.0 Å². The molecule has 5 aliphatic rings. The lowest BCUT2D eigenvalue weighted by Crippen LogP contribution is -2.58. The summed E-state index contributed by atoms with van der Waals surface area (Å²) in [4.78, 5) is 63.2. The van der Waals surface area contributed by atoms with E-state index in [0.29, 0.717) is 41.5 Å². The number of piperidine rings is 1. The molecule has 9 rings (SSSR count). The number of fused-ring (bicyclic) bond motifs is 4. The van der Waals surface area contributed by atoms with Gasteiger partial charge in [0.25, 0.3) is 0 Å². The molecule has 6 unspecified atom stereocenters. The minimum Gasteiger partial charge on any atom is -0.508 e. The Hall–Kier alpha value is -5.40. The highest BCUT2D eigenvalue weighted by atomic mass is 16.3. The third-order valence-corrected chi connectivity index (χ3v) is 12.8. The number of hydrogen-bond acceptors (Lipinski definition) is 6.